The summed E-state index contributed by atoms with van der Waals surface area (Å²) in [5.41, 5.74) is 7.06. The maximum atomic E-state index is 11.5. The molecule has 1 aromatic carbocycles. The van der Waals surface area contributed by atoms with Crippen molar-refractivity contribution in [3.05, 3.63) is 24.3 Å². The summed E-state index contributed by atoms with van der Waals surface area (Å²) < 4.78 is 0. The lowest BCUT2D eigenvalue weighted by Gasteiger charge is -2.13. The Morgan fingerprint density at radius 3 is 2.93 bits per heavy atom. The smallest absolute Gasteiger partial charge is 0.330 e. The van der Waals surface area contributed by atoms with Crippen molar-refractivity contribution in [2.24, 2.45) is 5.73 Å². The molecule has 4 nitrogen and oxygen atoms in total. The molecule has 0 fully saturated rings. The lowest BCUT2D eigenvalue weighted by atomic mass is 10.2. The van der Waals surface area contributed by atoms with Crippen LogP contribution >= 0.6 is 0 Å². The van der Waals surface area contributed by atoms with Gasteiger partial charge >= 0.3 is 6.03 Å². The minimum absolute atomic E-state index is 0.181. The average Bonchev–Trinajstić information content (AvgIpc) is 2.51. The molecule has 0 atom stereocenters. The van der Waals surface area contributed by atoms with Gasteiger partial charge in [0.05, 0.1) is 11.4 Å². The summed E-state index contributed by atoms with van der Waals surface area (Å²) in [7, 11) is 0. The van der Waals surface area contributed by atoms with Crippen LogP contribution in [-0.2, 0) is 0 Å². The van der Waals surface area contributed by atoms with Gasteiger partial charge in [0.15, 0.2) is 0 Å². The fourth-order valence-corrected chi connectivity index (χ4v) is 1.52. The highest BCUT2D eigenvalue weighted by Gasteiger charge is 2.27. The Balaban J connectivity index is 2.21. The predicted molar refractivity (Wildman–Crippen MR) is 54.6 cm³/mol. The van der Waals surface area contributed by atoms with Crippen molar-refractivity contribution in [2.75, 3.05) is 18.0 Å². The topological polar surface area (TPSA) is 60.4 Å². The molecule has 4 heteroatoms. The fourth-order valence-electron chi connectivity index (χ4n) is 1.52. The number of urea groups is 1. The van der Waals surface area contributed by atoms with E-state index in [1.165, 1.54) is 0 Å². The first kappa shape index (κ1) is 9.02. The van der Waals surface area contributed by atoms with Gasteiger partial charge in [0.1, 0.15) is 0 Å². The molecule has 73 valence electrons. The molecule has 14 heavy (non-hydrogen) atoms. The summed E-state index contributed by atoms with van der Waals surface area (Å²) in [6.07, 6.45) is 0.801. The summed E-state index contributed by atoms with van der Waals surface area (Å²) >= 11 is 0. The van der Waals surface area contributed by atoms with Gasteiger partial charge in [-0.2, -0.15) is 5.32 Å². The molecule has 0 aliphatic carbocycles. The van der Waals surface area contributed by atoms with Gasteiger partial charge in [0.25, 0.3) is 0 Å². The monoisotopic (exact) mass is 190 g/mol. The highest BCUT2D eigenvalue weighted by molar-refractivity contribution is 6.04. The second kappa shape index (κ2) is 3.67. The Hall–Kier alpha value is -1.55. The third kappa shape index (κ3) is 1.44. The van der Waals surface area contributed by atoms with E-state index in [0.29, 0.717) is 13.1 Å². The Morgan fingerprint density at radius 1 is 1.36 bits per heavy atom. The van der Waals surface area contributed by atoms with E-state index in [2.05, 4.69) is 5.32 Å². The van der Waals surface area contributed by atoms with Crippen LogP contribution in [0.4, 0.5) is 16.2 Å². The molecule has 0 bridgehead atoms. The standard InChI is InChI=1S/C10H12N3O/c11-6-3-7-13-9-5-2-1-4-8(9)12-10(13)14/h1-2,4-5H,3,6-7,11H2. The van der Waals surface area contributed by atoms with Crippen molar-refractivity contribution in [1.29, 1.82) is 0 Å². The van der Waals surface area contributed by atoms with Crippen LogP contribution in [0.5, 0.6) is 0 Å². The van der Waals surface area contributed by atoms with E-state index < -0.39 is 0 Å². The van der Waals surface area contributed by atoms with Crippen molar-refractivity contribution in [2.45, 2.75) is 6.42 Å². The first-order valence-electron chi connectivity index (χ1n) is 4.65. The molecule has 0 unspecified atom stereocenters. The highest BCUT2D eigenvalue weighted by Crippen LogP contribution is 2.31. The molecule has 0 aromatic heterocycles. The molecule has 2 N–H and O–H groups in total. The van der Waals surface area contributed by atoms with E-state index in [1.54, 1.807) is 4.90 Å². The van der Waals surface area contributed by atoms with E-state index in [0.717, 1.165) is 17.8 Å². The van der Waals surface area contributed by atoms with E-state index in [4.69, 9.17) is 5.73 Å². The number of carbonyl (C=O) groups excluding carboxylic acids is 1. The maximum Gasteiger partial charge on any atom is 0.348 e. The average molecular weight is 190 g/mol. The van der Waals surface area contributed by atoms with Crippen molar-refractivity contribution < 1.29 is 4.79 Å². The summed E-state index contributed by atoms with van der Waals surface area (Å²) in [6.45, 7) is 1.24. The Labute approximate surface area is 82.7 Å². The second-order valence-corrected chi connectivity index (χ2v) is 3.18. The van der Waals surface area contributed by atoms with Crippen molar-refractivity contribution in [3.63, 3.8) is 0 Å². The zero-order valence-electron chi connectivity index (χ0n) is 7.81. The first-order valence-corrected chi connectivity index (χ1v) is 4.65. The molecular formula is C10H12N3O. The van der Waals surface area contributed by atoms with E-state index in [1.807, 2.05) is 24.3 Å². The van der Waals surface area contributed by atoms with Gasteiger partial charge in [-0.25, -0.2) is 4.79 Å². The molecule has 0 saturated heterocycles. The van der Waals surface area contributed by atoms with Crippen molar-refractivity contribution >= 4 is 17.4 Å². The molecule has 2 amide bonds. The molecule has 0 spiro atoms. The highest BCUT2D eigenvalue weighted by atomic mass is 16.2. The van der Waals surface area contributed by atoms with Crippen LogP contribution in [0.2, 0.25) is 0 Å². The fraction of sp³-hybridized carbons (Fsp3) is 0.300. The summed E-state index contributed by atoms with van der Waals surface area (Å²) in [5, 5.41) is 3.93. The van der Waals surface area contributed by atoms with Gasteiger partial charge in [-0.05, 0) is 25.1 Å². The van der Waals surface area contributed by atoms with E-state index in [-0.39, 0.29) is 6.03 Å². The molecular weight excluding hydrogens is 178 g/mol. The number of hydrogen-bond donors (Lipinski definition) is 1. The summed E-state index contributed by atoms with van der Waals surface area (Å²) in [6, 6.07) is 7.35. The number of nitrogens with two attached hydrogens (primary N) is 1. The molecule has 1 aliphatic heterocycles. The number of fused-ring (bicyclic) bond motifs is 1. The van der Waals surface area contributed by atoms with Crippen LogP contribution in [0.25, 0.3) is 0 Å². The van der Waals surface area contributed by atoms with Crippen LogP contribution in [-0.4, -0.2) is 19.1 Å². The third-order valence-corrected chi connectivity index (χ3v) is 2.21. The number of para-hydroxylation sites is 2. The lowest BCUT2D eigenvalue weighted by Crippen LogP contribution is -2.30. The Bertz CT molecular complexity index is 351. The maximum absolute atomic E-state index is 11.5. The van der Waals surface area contributed by atoms with Crippen LogP contribution in [0.3, 0.4) is 0 Å². The van der Waals surface area contributed by atoms with Crippen LogP contribution in [0, 0.1) is 0 Å². The predicted octanol–water partition coefficient (Wildman–Crippen LogP) is 1.21. The summed E-state index contributed by atoms with van der Waals surface area (Å²) in [5.74, 6) is 0. The zero-order valence-corrected chi connectivity index (χ0v) is 7.81. The number of hydrogen-bond acceptors (Lipinski definition) is 2. The van der Waals surface area contributed by atoms with Gasteiger partial charge in [0.2, 0.25) is 0 Å². The van der Waals surface area contributed by atoms with Gasteiger partial charge in [-0.3, -0.25) is 4.90 Å². The molecule has 1 aliphatic rings. The first-order chi connectivity index (χ1) is 6.83. The molecule has 1 aromatic rings. The zero-order chi connectivity index (χ0) is 9.97. The van der Waals surface area contributed by atoms with Gasteiger partial charge in [-0.15, -0.1) is 0 Å². The Kier molecular flexibility index (Phi) is 2.37. The number of anilines is 1. The van der Waals surface area contributed by atoms with Crippen LogP contribution in [0.15, 0.2) is 24.3 Å². The third-order valence-electron chi connectivity index (χ3n) is 2.21. The minimum Gasteiger partial charge on any atom is -0.330 e. The van der Waals surface area contributed by atoms with E-state index >= 15 is 0 Å². The van der Waals surface area contributed by atoms with Crippen LogP contribution < -0.4 is 16.0 Å². The number of nitrogens with zero attached hydrogens (tertiary/aromatic N) is 2. The lowest BCUT2D eigenvalue weighted by molar-refractivity contribution is 0.251. The van der Waals surface area contributed by atoms with Crippen molar-refractivity contribution in [3.8, 4) is 0 Å². The normalized spacial score (nSPS) is 14.1. The van der Waals surface area contributed by atoms with Crippen LogP contribution in [0.1, 0.15) is 6.42 Å². The molecule has 0 saturated carbocycles. The van der Waals surface area contributed by atoms with Gasteiger partial charge in [-0.1, -0.05) is 12.1 Å². The number of amides is 2. The Morgan fingerprint density at radius 2 is 2.14 bits per heavy atom. The molecule has 2 rings (SSSR count). The summed E-state index contributed by atoms with van der Waals surface area (Å²) in [4.78, 5) is 13.1. The molecule has 1 heterocycles. The van der Waals surface area contributed by atoms with Crippen molar-refractivity contribution in [1.82, 2.24) is 5.32 Å². The second-order valence-electron chi connectivity index (χ2n) is 3.18. The molecule has 1 radical (unpaired) electrons. The van der Waals surface area contributed by atoms with Gasteiger partial charge in [0, 0.05) is 6.54 Å². The minimum atomic E-state index is -0.181. The van der Waals surface area contributed by atoms with Gasteiger partial charge < -0.3 is 5.73 Å². The number of rotatable bonds is 3. The largest absolute Gasteiger partial charge is 0.348 e. The quantitative estimate of drug-likeness (QED) is 0.778. The SMILES string of the molecule is NCCCN1C(=O)[N]c2ccccc21. The number of carbonyl (C=O) groups is 1. The van der Waals surface area contributed by atoms with E-state index in [9.17, 15) is 4.79 Å². The number of benzene rings is 1.